The molecule has 0 aliphatic heterocycles. The fraction of sp³-hybridized carbons (Fsp3) is 0.229. The third kappa shape index (κ3) is 5.87. The molecule has 55 heavy (non-hydrogen) atoms. The van der Waals surface area contributed by atoms with Crippen LogP contribution in [0.4, 0.5) is 17.6 Å². The molecule has 8 aromatic rings. The Bertz CT molecular complexity index is 2760. The molecule has 0 aliphatic rings. The predicted molar refractivity (Wildman–Crippen MR) is 217 cm³/mol. The van der Waals surface area contributed by atoms with Crippen molar-refractivity contribution in [1.29, 1.82) is 5.26 Å². The monoisotopic (exact) mass is 735 g/mol. The minimum atomic E-state index is -4.89. The quantitative estimate of drug-likeness (QED) is 0.166. The molecule has 0 saturated carbocycles. The van der Waals surface area contributed by atoms with E-state index in [0.29, 0.717) is 0 Å². The summed E-state index contributed by atoms with van der Waals surface area (Å²) in [6, 6.07) is 33.0. The standard InChI is InChI=1S/C48H41F4N3/c1-27-12-18-38-34(20-27)32-16-14-30(46(3,4)5)24-40(32)54(38)42-22-29(26-53)23-43(45(42)44-36(48(50,51)52)10-9-11-37(44)49)55-39-19-13-28(2)21-35(39)33-17-15-31(25-41(33)55)47(6,7)8/h9-25H,1-8H3. The first-order chi connectivity index (χ1) is 25.9. The van der Waals surface area contributed by atoms with Gasteiger partial charge in [0.2, 0.25) is 0 Å². The lowest BCUT2D eigenvalue weighted by atomic mass is 9.86. The summed E-state index contributed by atoms with van der Waals surface area (Å²) < 4.78 is 66.3. The summed E-state index contributed by atoms with van der Waals surface area (Å²) >= 11 is 0. The first-order valence-electron chi connectivity index (χ1n) is 18.4. The number of nitriles is 1. The van der Waals surface area contributed by atoms with E-state index in [1.165, 1.54) is 0 Å². The van der Waals surface area contributed by atoms with E-state index in [2.05, 4.69) is 96.1 Å². The van der Waals surface area contributed by atoms with Crippen molar-refractivity contribution in [1.82, 2.24) is 9.13 Å². The molecule has 6 aromatic carbocycles. The second kappa shape index (κ2) is 12.3. The number of hydrogen-bond donors (Lipinski definition) is 0. The van der Waals surface area contributed by atoms with Gasteiger partial charge in [0.25, 0.3) is 0 Å². The summed E-state index contributed by atoms with van der Waals surface area (Å²) in [6.45, 7) is 16.6. The van der Waals surface area contributed by atoms with Gasteiger partial charge in [0.05, 0.1) is 50.6 Å². The zero-order valence-electron chi connectivity index (χ0n) is 32.2. The van der Waals surface area contributed by atoms with Crippen molar-refractivity contribution in [2.45, 2.75) is 72.4 Å². The van der Waals surface area contributed by atoms with Crippen LogP contribution in [0.5, 0.6) is 0 Å². The van der Waals surface area contributed by atoms with E-state index in [9.17, 15) is 5.26 Å². The Kier molecular flexibility index (Phi) is 8.10. The molecule has 0 unspecified atom stereocenters. The molecule has 0 aliphatic carbocycles. The molecule has 0 fully saturated rings. The van der Waals surface area contributed by atoms with Crippen LogP contribution in [-0.2, 0) is 17.0 Å². The average molecular weight is 736 g/mol. The van der Waals surface area contributed by atoms with Crippen molar-refractivity contribution in [3.05, 3.63) is 142 Å². The topological polar surface area (TPSA) is 33.6 Å². The van der Waals surface area contributed by atoms with Gasteiger partial charge in [-0.05, 0) is 96.5 Å². The number of fused-ring (bicyclic) bond motifs is 6. The zero-order chi connectivity index (χ0) is 39.4. The molecule has 2 heterocycles. The van der Waals surface area contributed by atoms with Crippen molar-refractivity contribution >= 4 is 43.6 Å². The maximum Gasteiger partial charge on any atom is 0.417 e. The smallest absolute Gasteiger partial charge is 0.308 e. The lowest BCUT2D eigenvalue weighted by Gasteiger charge is -2.24. The molecule has 0 saturated heterocycles. The summed E-state index contributed by atoms with van der Waals surface area (Å²) in [5.41, 5.74) is 5.63. The highest BCUT2D eigenvalue weighted by Gasteiger charge is 2.37. The molecular formula is C48H41F4N3. The highest BCUT2D eigenvalue weighted by molar-refractivity contribution is 6.12. The van der Waals surface area contributed by atoms with Crippen LogP contribution in [0.3, 0.4) is 0 Å². The van der Waals surface area contributed by atoms with Crippen LogP contribution in [0.2, 0.25) is 0 Å². The van der Waals surface area contributed by atoms with Gasteiger partial charge in [0, 0.05) is 32.7 Å². The van der Waals surface area contributed by atoms with Gasteiger partial charge < -0.3 is 9.13 Å². The van der Waals surface area contributed by atoms with Crippen LogP contribution in [-0.4, -0.2) is 9.13 Å². The minimum Gasteiger partial charge on any atom is -0.308 e. The SMILES string of the molecule is Cc1ccc2c(c1)c1ccc(C(C)(C)C)cc1n2-c1cc(C#N)cc(-n2c3ccc(C)cc3c3ccc(C(C)(C)C)cc32)c1-c1c(F)cccc1C(F)(F)F. The average Bonchev–Trinajstić information content (AvgIpc) is 3.61. The van der Waals surface area contributed by atoms with Crippen LogP contribution in [0.15, 0.2) is 103 Å². The molecule has 2 aromatic heterocycles. The first-order valence-corrected chi connectivity index (χ1v) is 18.4. The maximum absolute atomic E-state index is 16.7. The molecule has 276 valence electrons. The van der Waals surface area contributed by atoms with Crippen molar-refractivity contribution < 1.29 is 17.6 Å². The Morgan fingerprint density at radius 2 is 1.00 bits per heavy atom. The first kappa shape index (κ1) is 36.1. The van der Waals surface area contributed by atoms with Gasteiger partial charge in [0.15, 0.2) is 0 Å². The molecule has 0 N–H and O–H groups in total. The van der Waals surface area contributed by atoms with Gasteiger partial charge in [-0.2, -0.15) is 18.4 Å². The maximum atomic E-state index is 16.7. The van der Waals surface area contributed by atoms with Crippen LogP contribution < -0.4 is 0 Å². The summed E-state index contributed by atoms with van der Waals surface area (Å²) in [4.78, 5) is 0. The Morgan fingerprint density at radius 3 is 1.42 bits per heavy atom. The molecule has 0 radical (unpaired) electrons. The normalized spacial score (nSPS) is 12.7. The number of hydrogen-bond acceptors (Lipinski definition) is 1. The number of alkyl halides is 3. The summed E-state index contributed by atoms with van der Waals surface area (Å²) in [5.74, 6) is -1.01. The fourth-order valence-electron chi connectivity index (χ4n) is 8.02. The Labute approximate surface area is 318 Å². The van der Waals surface area contributed by atoms with E-state index in [1.54, 1.807) is 12.1 Å². The number of benzene rings is 6. The largest absolute Gasteiger partial charge is 0.417 e. The second-order valence-corrected chi connectivity index (χ2v) is 16.8. The van der Waals surface area contributed by atoms with Crippen molar-refractivity contribution in [3.63, 3.8) is 0 Å². The molecule has 0 spiro atoms. The van der Waals surface area contributed by atoms with Crippen molar-refractivity contribution in [3.8, 4) is 28.6 Å². The molecule has 3 nitrogen and oxygen atoms in total. The van der Waals surface area contributed by atoms with Crippen LogP contribution in [0, 0.1) is 31.0 Å². The third-order valence-electron chi connectivity index (χ3n) is 10.9. The highest BCUT2D eigenvalue weighted by Crippen LogP contribution is 2.48. The van der Waals surface area contributed by atoms with Crippen LogP contribution in [0.1, 0.15) is 74.9 Å². The number of halogens is 4. The fourth-order valence-corrected chi connectivity index (χ4v) is 8.02. The van der Waals surface area contributed by atoms with E-state index in [4.69, 9.17) is 0 Å². The molecule has 0 amide bonds. The molecule has 0 bridgehead atoms. The van der Waals surface area contributed by atoms with E-state index in [-0.39, 0.29) is 33.3 Å². The highest BCUT2D eigenvalue weighted by atomic mass is 19.4. The van der Waals surface area contributed by atoms with Gasteiger partial charge >= 0.3 is 6.18 Å². The molecule has 0 atom stereocenters. The van der Waals surface area contributed by atoms with Gasteiger partial charge in [-0.1, -0.05) is 95.1 Å². The van der Waals surface area contributed by atoms with Crippen LogP contribution >= 0.6 is 0 Å². The van der Waals surface area contributed by atoms with Crippen LogP contribution in [0.25, 0.3) is 66.1 Å². The van der Waals surface area contributed by atoms with Gasteiger partial charge in [-0.15, -0.1) is 0 Å². The van der Waals surface area contributed by atoms with E-state index in [0.717, 1.165) is 84.1 Å². The molecule has 7 heteroatoms. The predicted octanol–water partition coefficient (Wildman–Crippen LogP) is 13.8. The number of aromatic nitrogens is 2. The minimum absolute atomic E-state index is 0.0329. The lowest BCUT2D eigenvalue weighted by Crippen LogP contribution is -2.13. The van der Waals surface area contributed by atoms with Crippen molar-refractivity contribution in [2.75, 3.05) is 0 Å². The summed E-state index contributed by atoms with van der Waals surface area (Å²) in [5, 5.41) is 14.3. The number of nitrogens with zero attached hydrogens (tertiary/aromatic N) is 3. The zero-order valence-corrected chi connectivity index (χ0v) is 32.2. The molecular weight excluding hydrogens is 695 g/mol. The van der Waals surface area contributed by atoms with Gasteiger partial charge in [-0.25, -0.2) is 4.39 Å². The number of aryl methyl sites for hydroxylation is 2. The van der Waals surface area contributed by atoms with Gasteiger partial charge in [-0.3, -0.25) is 0 Å². The Balaban J connectivity index is 1.66. The Morgan fingerprint density at radius 1 is 0.527 bits per heavy atom. The van der Waals surface area contributed by atoms with E-state index >= 15 is 17.6 Å². The van der Waals surface area contributed by atoms with Gasteiger partial charge in [0.1, 0.15) is 5.82 Å². The van der Waals surface area contributed by atoms with E-state index in [1.807, 2.05) is 47.2 Å². The molecule has 8 rings (SSSR count). The summed E-state index contributed by atoms with van der Waals surface area (Å²) in [7, 11) is 0. The van der Waals surface area contributed by atoms with Crippen molar-refractivity contribution in [2.24, 2.45) is 0 Å². The Hall–Kier alpha value is -5.87. The number of rotatable bonds is 3. The van der Waals surface area contributed by atoms with E-state index < -0.39 is 23.1 Å². The summed E-state index contributed by atoms with van der Waals surface area (Å²) in [6.07, 6.45) is -4.89. The lowest BCUT2D eigenvalue weighted by molar-refractivity contribution is -0.137. The third-order valence-corrected chi connectivity index (χ3v) is 10.9. The second-order valence-electron chi connectivity index (χ2n) is 16.8.